The van der Waals surface area contributed by atoms with Crippen molar-refractivity contribution in [3.8, 4) is 0 Å². The largest absolute Gasteiger partial charge is 0.462 e. The molecule has 0 aliphatic carbocycles. The van der Waals surface area contributed by atoms with Crippen LogP contribution in [-0.4, -0.2) is 23.9 Å². The van der Waals surface area contributed by atoms with E-state index < -0.39 is 23.2 Å². The summed E-state index contributed by atoms with van der Waals surface area (Å²) < 4.78 is 19.1. The van der Waals surface area contributed by atoms with Crippen molar-refractivity contribution in [3.63, 3.8) is 0 Å². The molecule has 0 radical (unpaired) electrons. The summed E-state index contributed by atoms with van der Waals surface area (Å²) in [5.41, 5.74) is -0.00391. The number of benzene rings is 1. The Balaban J connectivity index is 2.24. The average molecular weight is 276 g/mol. The molecule has 0 atom stereocenters. The summed E-state index contributed by atoms with van der Waals surface area (Å²) in [4.78, 5) is 25.1. The molecule has 1 saturated heterocycles. The summed E-state index contributed by atoms with van der Waals surface area (Å²) in [6, 6.07) is 4.15. The molecule has 1 aromatic heterocycles. The fraction of sp³-hybridized carbons (Fsp3) is 0.286. The van der Waals surface area contributed by atoms with Crippen molar-refractivity contribution in [2.24, 2.45) is 0 Å². The maximum absolute atomic E-state index is 13.7. The van der Waals surface area contributed by atoms with Gasteiger partial charge in [0.15, 0.2) is 5.58 Å². The molecule has 0 bridgehead atoms. The van der Waals surface area contributed by atoms with Crippen LogP contribution in [0, 0.1) is 5.82 Å². The second kappa shape index (κ2) is 4.06. The van der Waals surface area contributed by atoms with Crippen LogP contribution < -0.4 is 10.2 Å². The number of carbonyl (C=O) groups is 2. The molecule has 0 spiro atoms. The Bertz CT molecular complexity index is 720. The number of nitrogens with zero attached hydrogens (tertiary/aromatic N) is 1. The molecule has 0 unspecified atom stereocenters. The molecule has 20 heavy (non-hydrogen) atoms. The van der Waals surface area contributed by atoms with Crippen LogP contribution in [0.15, 0.2) is 28.9 Å². The zero-order valence-corrected chi connectivity index (χ0v) is 11.1. The number of hydrogen-bond donors (Lipinski definition) is 1. The smallest absolute Gasteiger partial charge is 0.316 e. The Morgan fingerprint density at radius 3 is 2.85 bits per heavy atom. The first-order valence-electron chi connectivity index (χ1n) is 6.19. The quantitative estimate of drug-likeness (QED) is 0.808. The number of piperazine rings is 1. The van der Waals surface area contributed by atoms with Crippen molar-refractivity contribution in [2.45, 2.75) is 19.4 Å². The number of hydrogen-bond acceptors (Lipinski definition) is 3. The minimum absolute atomic E-state index is 0.273. The van der Waals surface area contributed by atoms with Gasteiger partial charge in [0.1, 0.15) is 5.82 Å². The van der Waals surface area contributed by atoms with Gasteiger partial charge in [0.25, 0.3) is 0 Å². The number of carbonyl (C=O) groups excluding carboxylic acids is 2. The average Bonchev–Trinajstić information content (AvgIpc) is 2.82. The van der Waals surface area contributed by atoms with Gasteiger partial charge in [-0.1, -0.05) is 0 Å². The maximum atomic E-state index is 13.7. The summed E-state index contributed by atoms with van der Waals surface area (Å²) in [7, 11) is 0. The van der Waals surface area contributed by atoms with Crippen LogP contribution in [-0.2, 0) is 9.59 Å². The zero-order chi connectivity index (χ0) is 14.5. The summed E-state index contributed by atoms with van der Waals surface area (Å²) in [6.07, 6.45) is 1.43. The van der Waals surface area contributed by atoms with Crippen molar-refractivity contribution in [3.05, 3.63) is 30.3 Å². The van der Waals surface area contributed by atoms with E-state index >= 15 is 0 Å². The highest BCUT2D eigenvalue weighted by atomic mass is 19.1. The summed E-state index contributed by atoms with van der Waals surface area (Å²) in [5.74, 6) is -1.90. The fourth-order valence-electron chi connectivity index (χ4n) is 2.46. The van der Waals surface area contributed by atoms with Gasteiger partial charge >= 0.3 is 11.8 Å². The van der Waals surface area contributed by atoms with Crippen LogP contribution in [0.1, 0.15) is 13.8 Å². The molecule has 1 aromatic carbocycles. The monoisotopic (exact) mass is 276 g/mol. The number of nitrogens with one attached hydrogen (secondary N) is 1. The molecule has 2 heterocycles. The maximum Gasteiger partial charge on any atom is 0.316 e. The van der Waals surface area contributed by atoms with Gasteiger partial charge in [-0.2, -0.15) is 0 Å². The van der Waals surface area contributed by atoms with Gasteiger partial charge in [0.2, 0.25) is 0 Å². The lowest BCUT2D eigenvalue weighted by Crippen LogP contribution is -2.63. The third-order valence-electron chi connectivity index (χ3n) is 3.42. The number of fused-ring (bicyclic) bond motifs is 1. The number of rotatable bonds is 1. The van der Waals surface area contributed by atoms with Gasteiger partial charge in [0, 0.05) is 18.0 Å². The van der Waals surface area contributed by atoms with E-state index in [0.29, 0.717) is 11.0 Å². The van der Waals surface area contributed by atoms with Crippen molar-refractivity contribution in [2.75, 3.05) is 11.4 Å². The fourth-order valence-corrected chi connectivity index (χ4v) is 2.46. The Morgan fingerprint density at radius 2 is 2.10 bits per heavy atom. The number of furan rings is 1. The minimum Gasteiger partial charge on any atom is -0.462 e. The lowest BCUT2D eigenvalue weighted by Gasteiger charge is -2.41. The molecular weight excluding hydrogens is 263 g/mol. The number of halogens is 1. The standard InChI is InChI=1S/C14H13FN2O3/c1-14(2)7-16-12(18)13(19)17(14)10-6-9(15)5-8-3-4-20-11(8)10/h3-6H,7H2,1-2H3,(H,16,18). The molecule has 1 N–H and O–H groups in total. The first-order valence-corrected chi connectivity index (χ1v) is 6.19. The highest BCUT2D eigenvalue weighted by Crippen LogP contribution is 2.34. The Hall–Kier alpha value is -2.37. The lowest BCUT2D eigenvalue weighted by molar-refractivity contribution is -0.140. The third-order valence-corrected chi connectivity index (χ3v) is 3.42. The molecule has 1 aliphatic heterocycles. The van der Waals surface area contributed by atoms with Gasteiger partial charge in [-0.25, -0.2) is 4.39 Å². The van der Waals surface area contributed by atoms with Crippen LogP contribution in [0.3, 0.4) is 0 Å². The van der Waals surface area contributed by atoms with Crippen LogP contribution in [0.2, 0.25) is 0 Å². The predicted molar refractivity (Wildman–Crippen MR) is 70.7 cm³/mol. The molecule has 104 valence electrons. The van der Waals surface area contributed by atoms with Crippen LogP contribution >= 0.6 is 0 Å². The second-order valence-electron chi connectivity index (χ2n) is 5.40. The van der Waals surface area contributed by atoms with E-state index in [2.05, 4.69) is 5.32 Å². The van der Waals surface area contributed by atoms with Crippen LogP contribution in [0.25, 0.3) is 11.0 Å². The van der Waals surface area contributed by atoms with Crippen molar-refractivity contribution in [1.29, 1.82) is 0 Å². The molecule has 1 fully saturated rings. The van der Waals surface area contributed by atoms with E-state index in [0.717, 1.165) is 0 Å². The predicted octanol–water partition coefficient (Wildman–Crippen LogP) is 1.81. The highest BCUT2D eigenvalue weighted by Gasteiger charge is 2.41. The van der Waals surface area contributed by atoms with Crippen molar-refractivity contribution < 1.29 is 18.4 Å². The summed E-state index contributed by atoms with van der Waals surface area (Å²) >= 11 is 0. The molecule has 0 saturated carbocycles. The minimum atomic E-state index is -0.718. The first-order chi connectivity index (χ1) is 9.40. The van der Waals surface area contributed by atoms with Crippen molar-refractivity contribution in [1.82, 2.24) is 5.32 Å². The van der Waals surface area contributed by atoms with E-state index in [4.69, 9.17) is 4.42 Å². The number of anilines is 1. The summed E-state index contributed by atoms with van der Waals surface area (Å²) in [5, 5.41) is 3.07. The molecule has 6 heteroatoms. The topological polar surface area (TPSA) is 62.6 Å². The molecule has 2 aromatic rings. The first kappa shape index (κ1) is 12.7. The summed E-state index contributed by atoms with van der Waals surface area (Å²) in [6.45, 7) is 3.88. The molecule has 2 amide bonds. The SMILES string of the molecule is CC1(C)CNC(=O)C(=O)N1c1cc(F)cc2ccoc12. The second-order valence-corrected chi connectivity index (χ2v) is 5.40. The van der Waals surface area contributed by atoms with E-state index in [1.165, 1.54) is 23.3 Å². The number of amides is 2. The van der Waals surface area contributed by atoms with Gasteiger partial charge in [-0.3, -0.25) is 14.5 Å². The molecule has 1 aliphatic rings. The molecule has 5 nitrogen and oxygen atoms in total. The normalized spacial score (nSPS) is 18.4. The van der Waals surface area contributed by atoms with E-state index in [1.807, 2.05) is 0 Å². The Kier molecular flexibility index (Phi) is 2.57. The third kappa shape index (κ3) is 1.76. The van der Waals surface area contributed by atoms with Gasteiger partial charge in [0.05, 0.1) is 17.5 Å². The molecular formula is C14H13FN2O3. The Morgan fingerprint density at radius 1 is 1.35 bits per heavy atom. The highest BCUT2D eigenvalue weighted by molar-refractivity contribution is 6.42. The molecule has 3 rings (SSSR count). The van der Waals surface area contributed by atoms with Crippen LogP contribution in [0.4, 0.5) is 10.1 Å². The Labute approximate surface area is 114 Å². The van der Waals surface area contributed by atoms with E-state index in [1.54, 1.807) is 19.9 Å². The van der Waals surface area contributed by atoms with Gasteiger partial charge < -0.3 is 9.73 Å². The van der Waals surface area contributed by atoms with Gasteiger partial charge in [-0.15, -0.1) is 0 Å². The van der Waals surface area contributed by atoms with Crippen molar-refractivity contribution >= 4 is 28.5 Å². The van der Waals surface area contributed by atoms with E-state index in [9.17, 15) is 14.0 Å². The van der Waals surface area contributed by atoms with Crippen LogP contribution in [0.5, 0.6) is 0 Å². The zero-order valence-electron chi connectivity index (χ0n) is 11.1. The van der Waals surface area contributed by atoms with Gasteiger partial charge in [-0.05, 0) is 26.0 Å². The lowest BCUT2D eigenvalue weighted by atomic mass is 9.98. The van der Waals surface area contributed by atoms with E-state index in [-0.39, 0.29) is 12.2 Å².